The molecule has 3 heteroatoms. The molecule has 0 amide bonds. The highest BCUT2D eigenvalue weighted by Crippen LogP contribution is 2.26. The summed E-state index contributed by atoms with van der Waals surface area (Å²) in [7, 11) is 0. The third-order valence-electron chi connectivity index (χ3n) is 2.72. The van der Waals surface area contributed by atoms with Gasteiger partial charge in [0.05, 0.1) is 0 Å². The summed E-state index contributed by atoms with van der Waals surface area (Å²) >= 11 is 2.07. The van der Waals surface area contributed by atoms with E-state index < -0.39 is 0 Å². The fourth-order valence-corrected chi connectivity index (χ4v) is 3.02. The van der Waals surface area contributed by atoms with Gasteiger partial charge < -0.3 is 0 Å². The number of nitrogens with one attached hydrogen (secondary N) is 1. The van der Waals surface area contributed by atoms with Gasteiger partial charge in [0.25, 0.3) is 0 Å². The van der Waals surface area contributed by atoms with Gasteiger partial charge in [-0.1, -0.05) is 0 Å². The van der Waals surface area contributed by atoms with Gasteiger partial charge in [-0.2, -0.15) is 11.8 Å². The van der Waals surface area contributed by atoms with E-state index in [2.05, 4.69) is 29.0 Å². The lowest BCUT2D eigenvalue weighted by molar-refractivity contribution is 0.371. The van der Waals surface area contributed by atoms with Crippen LogP contribution in [-0.4, -0.2) is 17.5 Å². The van der Waals surface area contributed by atoms with Crippen LogP contribution in [0.4, 0.5) is 0 Å². The minimum atomic E-state index is 0.385. The molecular weight excluding hydrogens is 192 g/mol. The van der Waals surface area contributed by atoms with Crippen molar-refractivity contribution in [3.8, 4) is 11.8 Å². The maximum Gasteiger partial charge on any atom is 0.0322 e. The van der Waals surface area contributed by atoms with Crippen LogP contribution in [0.25, 0.3) is 0 Å². The Balaban J connectivity index is 2.25. The smallest absolute Gasteiger partial charge is 0.0322 e. The Bertz CT molecular complexity index is 201. The Kier molecular flexibility index (Phi) is 6.09. The molecule has 1 aliphatic heterocycles. The summed E-state index contributed by atoms with van der Waals surface area (Å²) < 4.78 is 0. The minimum Gasteiger partial charge on any atom is -0.271 e. The summed E-state index contributed by atoms with van der Waals surface area (Å²) in [6.07, 6.45) is 4.77. The van der Waals surface area contributed by atoms with Gasteiger partial charge in [-0.15, -0.1) is 11.8 Å². The van der Waals surface area contributed by atoms with Crippen LogP contribution in [0.2, 0.25) is 0 Å². The second-order valence-corrected chi connectivity index (χ2v) is 5.01. The van der Waals surface area contributed by atoms with Gasteiger partial charge in [0.1, 0.15) is 0 Å². The molecule has 0 aliphatic carbocycles. The Morgan fingerprint density at radius 2 is 2.21 bits per heavy atom. The first kappa shape index (κ1) is 11.9. The molecule has 0 saturated carbocycles. The number of nitrogens with two attached hydrogens (primary N) is 1. The molecule has 14 heavy (non-hydrogen) atoms. The first-order chi connectivity index (χ1) is 6.86. The van der Waals surface area contributed by atoms with E-state index in [1.807, 2.05) is 6.92 Å². The van der Waals surface area contributed by atoms with E-state index >= 15 is 0 Å². The zero-order chi connectivity index (χ0) is 10.2. The van der Waals surface area contributed by atoms with E-state index in [1.165, 1.54) is 30.8 Å². The second kappa shape index (κ2) is 7.17. The normalized spacial score (nSPS) is 19.9. The average molecular weight is 212 g/mol. The van der Waals surface area contributed by atoms with E-state index in [0.717, 1.165) is 12.3 Å². The molecule has 0 bridgehead atoms. The second-order valence-electron chi connectivity index (χ2n) is 3.79. The van der Waals surface area contributed by atoms with Crippen molar-refractivity contribution in [3.05, 3.63) is 0 Å². The van der Waals surface area contributed by atoms with Gasteiger partial charge in [-0.05, 0) is 43.6 Å². The lowest BCUT2D eigenvalue weighted by Crippen LogP contribution is -2.36. The number of rotatable bonds is 4. The first-order valence-electron chi connectivity index (χ1n) is 5.30. The molecule has 1 rings (SSSR count). The number of hydrogen-bond acceptors (Lipinski definition) is 3. The van der Waals surface area contributed by atoms with Crippen molar-refractivity contribution in [3.63, 3.8) is 0 Å². The van der Waals surface area contributed by atoms with E-state index in [1.54, 1.807) is 0 Å². The predicted octanol–water partition coefficient (Wildman–Crippen LogP) is 1.76. The first-order valence-corrected chi connectivity index (χ1v) is 6.45. The Hall–Kier alpha value is -0.170. The molecule has 1 heterocycles. The van der Waals surface area contributed by atoms with Crippen LogP contribution >= 0.6 is 11.8 Å². The SMILES string of the molecule is CC#CCC(CC1CCSCC1)NN. The van der Waals surface area contributed by atoms with Crippen molar-refractivity contribution in [1.29, 1.82) is 0 Å². The van der Waals surface area contributed by atoms with E-state index in [0.29, 0.717) is 6.04 Å². The highest BCUT2D eigenvalue weighted by Gasteiger charge is 2.17. The Morgan fingerprint density at radius 3 is 2.79 bits per heavy atom. The highest BCUT2D eigenvalue weighted by molar-refractivity contribution is 7.99. The third kappa shape index (κ3) is 4.36. The van der Waals surface area contributed by atoms with E-state index in [9.17, 15) is 0 Å². The van der Waals surface area contributed by atoms with Gasteiger partial charge in [-0.25, -0.2) is 0 Å². The van der Waals surface area contributed by atoms with Crippen LogP contribution < -0.4 is 11.3 Å². The molecule has 0 aromatic carbocycles. The number of hydrazine groups is 1. The molecule has 0 aromatic heterocycles. The van der Waals surface area contributed by atoms with Crippen molar-refractivity contribution in [1.82, 2.24) is 5.43 Å². The summed E-state index contributed by atoms with van der Waals surface area (Å²) in [6, 6.07) is 0.385. The van der Waals surface area contributed by atoms with Gasteiger partial charge in [0, 0.05) is 12.5 Å². The summed E-state index contributed by atoms with van der Waals surface area (Å²) in [4.78, 5) is 0. The molecule has 3 N–H and O–H groups in total. The van der Waals surface area contributed by atoms with Crippen molar-refractivity contribution in [2.24, 2.45) is 11.8 Å². The molecule has 0 aromatic rings. The van der Waals surface area contributed by atoms with Gasteiger partial charge in [0.2, 0.25) is 0 Å². The van der Waals surface area contributed by atoms with Gasteiger partial charge in [0.15, 0.2) is 0 Å². The van der Waals surface area contributed by atoms with E-state index in [4.69, 9.17) is 5.84 Å². The predicted molar refractivity (Wildman–Crippen MR) is 63.8 cm³/mol. The van der Waals surface area contributed by atoms with Crippen LogP contribution in [0.1, 0.15) is 32.6 Å². The largest absolute Gasteiger partial charge is 0.271 e. The monoisotopic (exact) mass is 212 g/mol. The third-order valence-corrected chi connectivity index (χ3v) is 3.77. The summed E-state index contributed by atoms with van der Waals surface area (Å²) in [6.45, 7) is 1.88. The molecule has 1 aliphatic rings. The fraction of sp³-hybridized carbons (Fsp3) is 0.818. The number of thioether (sulfide) groups is 1. The van der Waals surface area contributed by atoms with Crippen molar-refractivity contribution >= 4 is 11.8 Å². The molecular formula is C11H20N2S. The van der Waals surface area contributed by atoms with Crippen LogP contribution in [0.3, 0.4) is 0 Å². The van der Waals surface area contributed by atoms with Gasteiger partial charge >= 0.3 is 0 Å². The molecule has 0 radical (unpaired) electrons. The lowest BCUT2D eigenvalue weighted by Gasteiger charge is -2.24. The molecule has 80 valence electrons. The van der Waals surface area contributed by atoms with Crippen LogP contribution in [0.5, 0.6) is 0 Å². The van der Waals surface area contributed by atoms with Crippen molar-refractivity contribution in [2.75, 3.05) is 11.5 Å². The molecule has 1 atom stereocenters. The summed E-state index contributed by atoms with van der Waals surface area (Å²) in [5.74, 6) is 15.0. The number of hydrogen-bond donors (Lipinski definition) is 2. The van der Waals surface area contributed by atoms with Crippen LogP contribution in [0, 0.1) is 17.8 Å². The van der Waals surface area contributed by atoms with Crippen molar-refractivity contribution in [2.45, 2.75) is 38.6 Å². The molecule has 0 spiro atoms. The average Bonchev–Trinajstić information content (AvgIpc) is 2.25. The Morgan fingerprint density at radius 1 is 1.50 bits per heavy atom. The molecule has 2 nitrogen and oxygen atoms in total. The summed E-state index contributed by atoms with van der Waals surface area (Å²) in [5.41, 5.74) is 2.87. The maximum atomic E-state index is 5.51. The van der Waals surface area contributed by atoms with E-state index in [-0.39, 0.29) is 0 Å². The highest BCUT2D eigenvalue weighted by atomic mass is 32.2. The fourth-order valence-electron chi connectivity index (χ4n) is 1.82. The zero-order valence-electron chi connectivity index (χ0n) is 8.88. The summed E-state index contributed by atoms with van der Waals surface area (Å²) in [5, 5.41) is 0. The maximum absolute atomic E-state index is 5.51. The topological polar surface area (TPSA) is 38.0 Å². The standard InChI is InChI=1S/C11H20N2S/c1-2-3-4-11(13-12)9-10-5-7-14-8-6-10/h10-11,13H,4-9,12H2,1H3. The molecule has 1 fully saturated rings. The van der Waals surface area contributed by atoms with Crippen LogP contribution in [0.15, 0.2) is 0 Å². The molecule has 1 saturated heterocycles. The molecule has 1 unspecified atom stereocenters. The minimum absolute atomic E-state index is 0.385. The van der Waals surface area contributed by atoms with Crippen LogP contribution in [-0.2, 0) is 0 Å². The Labute approximate surface area is 91.4 Å². The lowest BCUT2D eigenvalue weighted by atomic mass is 9.93. The van der Waals surface area contributed by atoms with Gasteiger partial charge in [-0.3, -0.25) is 11.3 Å². The van der Waals surface area contributed by atoms with Crippen molar-refractivity contribution < 1.29 is 0 Å². The quantitative estimate of drug-likeness (QED) is 0.424. The zero-order valence-corrected chi connectivity index (χ0v) is 9.70.